The first-order chi connectivity index (χ1) is 27.3. The van der Waals surface area contributed by atoms with E-state index in [-0.39, 0.29) is 22.7 Å². The lowest BCUT2D eigenvalue weighted by atomic mass is 9.65. The summed E-state index contributed by atoms with van der Waals surface area (Å²) in [5, 5.41) is 0. The lowest BCUT2D eigenvalue weighted by molar-refractivity contribution is 0.0655. The quantitative estimate of drug-likeness (QED) is 0.0539. The molecule has 1 saturated carbocycles. The maximum absolute atomic E-state index is 13.5. The van der Waals surface area contributed by atoms with E-state index in [1.165, 1.54) is 48.8 Å². The molecule has 4 aromatic carbocycles. The van der Waals surface area contributed by atoms with Crippen molar-refractivity contribution in [3.05, 3.63) is 118 Å². The van der Waals surface area contributed by atoms with Gasteiger partial charge >= 0.3 is 5.97 Å². The van der Waals surface area contributed by atoms with Crippen molar-refractivity contribution in [2.75, 3.05) is 0 Å². The molecular weight excluding hydrogens is 705 g/mol. The van der Waals surface area contributed by atoms with Crippen LogP contribution in [0.2, 0.25) is 0 Å². The highest BCUT2D eigenvalue weighted by Gasteiger charge is 2.38. The molecule has 0 aromatic heterocycles. The molecule has 0 spiro atoms. The lowest BCUT2D eigenvalue weighted by Gasteiger charge is -2.39. The third-order valence-corrected chi connectivity index (χ3v) is 12.8. The third kappa shape index (κ3) is 10.4. The van der Waals surface area contributed by atoms with Crippen LogP contribution in [-0.2, 0) is 5.41 Å². The summed E-state index contributed by atoms with van der Waals surface area (Å²) in [7, 11) is 0. The fraction of sp³-hybridized carbons (Fsp3) is 0.500. The Balaban J connectivity index is 1.26. The molecule has 0 radical (unpaired) electrons. The third-order valence-electron chi connectivity index (χ3n) is 12.8. The summed E-state index contributed by atoms with van der Waals surface area (Å²) in [6, 6.07) is 27.6. The van der Waals surface area contributed by atoms with Crippen molar-refractivity contribution < 1.29 is 23.8 Å². The Morgan fingerprint density at radius 1 is 0.649 bits per heavy atom. The van der Waals surface area contributed by atoms with Crippen LogP contribution >= 0.6 is 0 Å². The second-order valence-electron chi connectivity index (χ2n) is 17.6. The predicted molar refractivity (Wildman–Crippen MR) is 234 cm³/mol. The second-order valence-corrected chi connectivity index (χ2v) is 17.6. The van der Waals surface area contributed by atoms with Crippen molar-refractivity contribution in [1.82, 2.24) is 0 Å². The van der Waals surface area contributed by atoms with Gasteiger partial charge in [0.25, 0.3) is 0 Å². The summed E-state index contributed by atoms with van der Waals surface area (Å²) in [6.45, 7) is 19.5. The molecule has 4 aromatic rings. The van der Waals surface area contributed by atoms with Crippen LogP contribution in [0.3, 0.4) is 0 Å². The van der Waals surface area contributed by atoms with Crippen LogP contribution in [0.5, 0.6) is 23.0 Å². The molecule has 5 rings (SSSR count). The van der Waals surface area contributed by atoms with Gasteiger partial charge < -0.3 is 14.2 Å². The van der Waals surface area contributed by atoms with E-state index in [2.05, 4.69) is 85.7 Å². The molecule has 0 saturated heterocycles. The van der Waals surface area contributed by atoms with E-state index in [0.717, 1.165) is 62.7 Å². The van der Waals surface area contributed by atoms with Gasteiger partial charge in [-0.3, -0.25) is 4.79 Å². The number of esters is 1. The summed E-state index contributed by atoms with van der Waals surface area (Å²) in [6.07, 6.45) is 14.3. The minimum absolute atomic E-state index is 0.0985. The number of ether oxygens (including phenoxy) is 3. The summed E-state index contributed by atoms with van der Waals surface area (Å²) >= 11 is 0. The Morgan fingerprint density at radius 3 is 1.68 bits per heavy atom. The highest BCUT2D eigenvalue weighted by Crippen LogP contribution is 2.47. The average Bonchev–Trinajstić information content (AvgIpc) is 3.21. The Labute approximate surface area is 343 Å². The topological polar surface area (TPSA) is 61.8 Å². The zero-order valence-corrected chi connectivity index (χ0v) is 36.4. The highest BCUT2D eigenvalue weighted by molar-refractivity contribution is 6.00. The SMILES string of the molecule is CCCCC(C)(CCC)Oc1ccc(C2(c3ccc(OC(=O)c4ccc(Oc5ccc(C(=O)C(C)(CCCC)C(C)C)cc5)cc4)c(C)c3)CCCCC2)cc1C. The predicted octanol–water partition coefficient (Wildman–Crippen LogP) is 14.7. The molecule has 57 heavy (non-hydrogen) atoms. The number of hydrogen-bond acceptors (Lipinski definition) is 5. The van der Waals surface area contributed by atoms with Crippen molar-refractivity contribution in [2.24, 2.45) is 11.3 Å². The van der Waals surface area contributed by atoms with Crippen LogP contribution in [0.1, 0.15) is 175 Å². The van der Waals surface area contributed by atoms with Gasteiger partial charge in [0.15, 0.2) is 5.78 Å². The molecule has 2 atom stereocenters. The van der Waals surface area contributed by atoms with Gasteiger partial charge in [0.2, 0.25) is 0 Å². The smallest absolute Gasteiger partial charge is 0.343 e. The first-order valence-electron chi connectivity index (χ1n) is 21.8. The normalized spacial score (nSPS) is 16.0. The molecule has 0 aliphatic heterocycles. The number of hydrogen-bond donors (Lipinski definition) is 0. The monoisotopic (exact) mass is 773 g/mol. The number of unbranched alkanes of at least 4 members (excludes halogenated alkanes) is 2. The number of ketones is 1. The largest absolute Gasteiger partial charge is 0.487 e. The molecule has 0 bridgehead atoms. The van der Waals surface area contributed by atoms with Crippen LogP contribution < -0.4 is 14.2 Å². The average molecular weight is 773 g/mol. The molecular formula is C52H68O5. The molecule has 1 aliphatic carbocycles. The molecule has 5 heteroatoms. The Kier molecular flexibility index (Phi) is 14.9. The molecule has 306 valence electrons. The summed E-state index contributed by atoms with van der Waals surface area (Å²) in [4.78, 5) is 26.9. The van der Waals surface area contributed by atoms with E-state index < -0.39 is 11.4 Å². The highest BCUT2D eigenvalue weighted by atomic mass is 16.5. The fourth-order valence-corrected chi connectivity index (χ4v) is 8.76. The lowest BCUT2D eigenvalue weighted by Crippen LogP contribution is -2.33. The van der Waals surface area contributed by atoms with Gasteiger partial charge in [-0.1, -0.05) is 111 Å². The van der Waals surface area contributed by atoms with E-state index >= 15 is 0 Å². The maximum atomic E-state index is 13.5. The minimum atomic E-state index is -0.413. The number of Topliss-reactive ketones (excluding diaryl/α,β-unsaturated/α-hetero) is 1. The Morgan fingerprint density at radius 2 is 1.18 bits per heavy atom. The first-order valence-corrected chi connectivity index (χ1v) is 21.8. The van der Waals surface area contributed by atoms with Gasteiger partial charge in [-0.05, 0) is 148 Å². The van der Waals surface area contributed by atoms with Gasteiger partial charge in [-0.25, -0.2) is 4.79 Å². The van der Waals surface area contributed by atoms with Crippen molar-refractivity contribution in [1.29, 1.82) is 0 Å². The molecule has 5 nitrogen and oxygen atoms in total. The summed E-state index contributed by atoms with van der Waals surface area (Å²) in [5.74, 6) is 2.79. The second kappa shape index (κ2) is 19.4. The molecule has 1 aliphatic rings. The van der Waals surface area contributed by atoms with Crippen molar-refractivity contribution in [2.45, 2.75) is 157 Å². The van der Waals surface area contributed by atoms with Crippen LogP contribution in [0.4, 0.5) is 0 Å². The van der Waals surface area contributed by atoms with Crippen LogP contribution in [0.25, 0.3) is 0 Å². The number of rotatable bonds is 19. The zero-order chi connectivity index (χ0) is 41.2. The van der Waals surface area contributed by atoms with E-state index in [0.29, 0.717) is 28.4 Å². The molecule has 0 N–H and O–H groups in total. The van der Waals surface area contributed by atoms with Gasteiger partial charge in [-0.15, -0.1) is 0 Å². The van der Waals surface area contributed by atoms with Crippen LogP contribution in [0, 0.1) is 25.2 Å². The van der Waals surface area contributed by atoms with Crippen molar-refractivity contribution in [3.63, 3.8) is 0 Å². The standard InChI is InChI=1S/C52H68O5/c1-10-13-31-50(8,30-12-3)57-47-29-23-43(36-39(47)7)52(33-16-15-17-34-52)42-22-28-46(38(6)35-42)56-49(54)41-20-26-45(27-21-41)55-44-24-18-40(19-25-44)48(53)51(9,37(4)5)32-14-11-2/h18-29,35-37H,10-17,30-34H2,1-9H3. The summed E-state index contributed by atoms with van der Waals surface area (Å²) < 4.78 is 18.8. The number of benzene rings is 4. The van der Waals surface area contributed by atoms with E-state index in [1.807, 2.05) is 37.3 Å². The van der Waals surface area contributed by atoms with E-state index in [9.17, 15) is 9.59 Å². The van der Waals surface area contributed by atoms with Gasteiger partial charge in [-0.2, -0.15) is 0 Å². The molecule has 1 fully saturated rings. The maximum Gasteiger partial charge on any atom is 0.343 e. The van der Waals surface area contributed by atoms with Crippen molar-refractivity contribution >= 4 is 11.8 Å². The van der Waals surface area contributed by atoms with Gasteiger partial charge in [0.1, 0.15) is 28.6 Å². The first kappa shape index (κ1) is 43.7. The number of carbonyl (C=O) groups is 2. The molecule has 2 unspecified atom stereocenters. The molecule has 0 heterocycles. The molecule has 0 amide bonds. The van der Waals surface area contributed by atoms with Crippen molar-refractivity contribution in [3.8, 4) is 23.0 Å². The minimum Gasteiger partial charge on any atom is -0.487 e. The number of aryl methyl sites for hydroxylation is 2. The summed E-state index contributed by atoms with van der Waals surface area (Å²) in [5.41, 5.74) is 5.24. The van der Waals surface area contributed by atoms with Gasteiger partial charge in [0, 0.05) is 16.4 Å². The van der Waals surface area contributed by atoms with E-state index in [4.69, 9.17) is 14.2 Å². The van der Waals surface area contributed by atoms with E-state index in [1.54, 1.807) is 24.3 Å². The van der Waals surface area contributed by atoms with Gasteiger partial charge in [0.05, 0.1) is 5.56 Å². The fourth-order valence-electron chi connectivity index (χ4n) is 8.76. The Hall–Kier alpha value is -4.38. The Bertz CT molecular complexity index is 1930. The van der Waals surface area contributed by atoms with Crippen LogP contribution in [-0.4, -0.2) is 17.4 Å². The number of carbonyl (C=O) groups excluding carboxylic acids is 2. The van der Waals surface area contributed by atoms with Crippen LogP contribution in [0.15, 0.2) is 84.9 Å². The zero-order valence-electron chi connectivity index (χ0n) is 36.4.